The summed E-state index contributed by atoms with van der Waals surface area (Å²) in [5.74, 6) is -0.423. The lowest BCUT2D eigenvalue weighted by atomic mass is 9.98. The van der Waals surface area contributed by atoms with Crippen LogP contribution in [-0.2, 0) is 14.3 Å². The van der Waals surface area contributed by atoms with E-state index in [4.69, 9.17) is 4.74 Å². The number of methoxy groups -OCH3 is 1. The Balaban J connectivity index is 2.96. The lowest BCUT2D eigenvalue weighted by Crippen LogP contribution is -2.35. The van der Waals surface area contributed by atoms with E-state index in [1.165, 1.54) is 13.2 Å². The number of amides is 1. The second-order valence-electron chi connectivity index (χ2n) is 6.09. The van der Waals surface area contributed by atoms with Crippen LogP contribution in [0, 0.1) is 0 Å². The average Bonchev–Trinajstić information content (AvgIpc) is 2.48. The Hall–Kier alpha value is -2.30. The fraction of sp³-hybridized carbons (Fsp3) is 0.444. The molecule has 23 heavy (non-hydrogen) atoms. The van der Waals surface area contributed by atoms with Crippen LogP contribution in [-0.4, -0.2) is 24.8 Å². The second-order valence-corrected chi connectivity index (χ2v) is 6.09. The van der Waals surface area contributed by atoms with Gasteiger partial charge in [0.15, 0.2) is 0 Å². The van der Waals surface area contributed by atoms with Gasteiger partial charge in [-0.2, -0.15) is 0 Å². The highest BCUT2D eigenvalue weighted by Gasteiger charge is 2.20. The van der Waals surface area contributed by atoms with Crippen LogP contribution in [0.2, 0.25) is 0 Å². The molecule has 1 unspecified atom stereocenters. The van der Waals surface area contributed by atoms with Gasteiger partial charge in [0.05, 0.1) is 13.2 Å². The van der Waals surface area contributed by atoms with Gasteiger partial charge in [0.2, 0.25) is 0 Å². The molecule has 0 fully saturated rings. The van der Waals surface area contributed by atoms with E-state index in [0.717, 1.165) is 11.1 Å². The number of rotatable bonds is 5. The Kier molecular flexibility index (Phi) is 6.82. The van der Waals surface area contributed by atoms with E-state index in [2.05, 4.69) is 10.1 Å². The molecule has 0 bridgehead atoms. The predicted molar refractivity (Wildman–Crippen MR) is 89.9 cm³/mol. The van der Waals surface area contributed by atoms with Crippen molar-refractivity contribution in [1.29, 1.82) is 0 Å². The molecule has 5 nitrogen and oxygen atoms in total. The smallest absolute Gasteiger partial charge is 0.408 e. The van der Waals surface area contributed by atoms with E-state index in [1.54, 1.807) is 6.08 Å². The summed E-state index contributed by atoms with van der Waals surface area (Å²) in [7, 11) is 1.33. The van der Waals surface area contributed by atoms with Crippen molar-refractivity contribution >= 4 is 18.1 Å². The van der Waals surface area contributed by atoms with E-state index in [9.17, 15) is 9.59 Å². The van der Waals surface area contributed by atoms with Gasteiger partial charge in [-0.1, -0.05) is 31.2 Å². The molecule has 1 aromatic rings. The van der Waals surface area contributed by atoms with E-state index in [0.29, 0.717) is 6.42 Å². The Bertz CT molecular complexity index is 573. The first-order valence-electron chi connectivity index (χ1n) is 7.61. The fourth-order valence-electron chi connectivity index (χ4n) is 2.06. The van der Waals surface area contributed by atoms with Gasteiger partial charge in [0.25, 0.3) is 0 Å². The monoisotopic (exact) mass is 319 g/mol. The molecule has 1 amide bonds. The summed E-state index contributed by atoms with van der Waals surface area (Å²) in [6.07, 6.45) is 3.28. The molecule has 1 rings (SSSR count). The third kappa shape index (κ3) is 6.55. The molecule has 0 aromatic heterocycles. The molecule has 0 aliphatic heterocycles. The quantitative estimate of drug-likeness (QED) is 0.661. The Morgan fingerprint density at radius 2 is 1.91 bits per heavy atom. The molecule has 0 saturated heterocycles. The number of esters is 1. The van der Waals surface area contributed by atoms with Gasteiger partial charge in [-0.15, -0.1) is 0 Å². The molecule has 1 aromatic carbocycles. The predicted octanol–water partition coefficient (Wildman–Crippen LogP) is 3.85. The Morgan fingerprint density at radius 1 is 1.26 bits per heavy atom. The van der Waals surface area contributed by atoms with Crippen molar-refractivity contribution in [3.63, 3.8) is 0 Å². The number of ether oxygens (including phenoxy) is 2. The van der Waals surface area contributed by atoms with Crippen molar-refractivity contribution in [2.45, 2.75) is 45.8 Å². The maximum atomic E-state index is 12.0. The number of carbonyl (C=O) groups is 2. The molecule has 0 spiro atoms. The van der Waals surface area contributed by atoms with E-state index < -0.39 is 17.7 Å². The largest absolute Gasteiger partial charge is 0.466 e. The molecule has 0 aliphatic carbocycles. The summed E-state index contributed by atoms with van der Waals surface area (Å²) in [4.78, 5) is 23.3. The minimum absolute atomic E-state index is 0.205. The highest BCUT2D eigenvalue weighted by molar-refractivity contribution is 5.87. The van der Waals surface area contributed by atoms with Crippen molar-refractivity contribution in [3.05, 3.63) is 41.5 Å². The number of carbonyl (C=O) groups excluding carboxylic acids is 2. The van der Waals surface area contributed by atoms with Crippen LogP contribution in [0.3, 0.4) is 0 Å². The molecular formula is C18H25NO4. The second kappa shape index (κ2) is 8.36. The van der Waals surface area contributed by atoms with Crippen LogP contribution < -0.4 is 5.32 Å². The first-order valence-corrected chi connectivity index (χ1v) is 7.61. The molecule has 0 saturated carbocycles. The minimum atomic E-state index is -0.549. The summed E-state index contributed by atoms with van der Waals surface area (Å²) in [6, 6.07) is 7.37. The SMILES string of the molecule is CCC(NC(=O)OC(C)(C)C)c1ccccc1C=CC(=O)OC. The number of benzene rings is 1. The summed E-state index contributed by atoms with van der Waals surface area (Å²) in [5.41, 5.74) is 1.22. The number of nitrogens with one attached hydrogen (secondary N) is 1. The minimum Gasteiger partial charge on any atom is -0.466 e. The summed E-state index contributed by atoms with van der Waals surface area (Å²) in [6.45, 7) is 7.44. The lowest BCUT2D eigenvalue weighted by Gasteiger charge is -2.24. The van der Waals surface area contributed by atoms with Crippen LogP contribution >= 0.6 is 0 Å². The third-order valence-corrected chi connectivity index (χ3v) is 3.07. The van der Waals surface area contributed by atoms with E-state index in [1.807, 2.05) is 52.0 Å². The first kappa shape index (κ1) is 18.7. The average molecular weight is 319 g/mol. The number of hydrogen-bond acceptors (Lipinski definition) is 4. The van der Waals surface area contributed by atoms with Crippen LogP contribution in [0.4, 0.5) is 4.79 Å². The maximum Gasteiger partial charge on any atom is 0.408 e. The van der Waals surface area contributed by atoms with Crippen LogP contribution in [0.25, 0.3) is 6.08 Å². The molecular weight excluding hydrogens is 294 g/mol. The number of hydrogen-bond donors (Lipinski definition) is 1. The van der Waals surface area contributed by atoms with Crippen LogP contribution in [0.15, 0.2) is 30.3 Å². The van der Waals surface area contributed by atoms with Gasteiger partial charge in [-0.05, 0) is 44.4 Å². The van der Waals surface area contributed by atoms with Crippen molar-refractivity contribution in [3.8, 4) is 0 Å². The van der Waals surface area contributed by atoms with Gasteiger partial charge in [-0.25, -0.2) is 9.59 Å². The van der Waals surface area contributed by atoms with Crippen molar-refractivity contribution in [1.82, 2.24) is 5.32 Å². The molecule has 0 radical (unpaired) electrons. The van der Waals surface area contributed by atoms with E-state index in [-0.39, 0.29) is 6.04 Å². The van der Waals surface area contributed by atoms with Gasteiger partial charge in [0.1, 0.15) is 5.60 Å². The van der Waals surface area contributed by atoms with Gasteiger partial charge < -0.3 is 14.8 Å². The third-order valence-electron chi connectivity index (χ3n) is 3.07. The maximum absolute atomic E-state index is 12.0. The molecule has 0 aliphatic rings. The number of alkyl carbamates (subject to hydrolysis) is 1. The zero-order valence-electron chi connectivity index (χ0n) is 14.4. The Labute approximate surface area is 137 Å². The Morgan fingerprint density at radius 3 is 2.48 bits per heavy atom. The first-order chi connectivity index (χ1) is 10.8. The zero-order chi connectivity index (χ0) is 17.5. The molecule has 126 valence electrons. The van der Waals surface area contributed by atoms with Gasteiger partial charge in [0, 0.05) is 6.08 Å². The lowest BCUT2D eigenvalue weighted by molar-refractivity contribution is -0.134. The van der Waals surface area contributed by atoms with Crippen molar-refractivity contribution < 1.29 is 19.1 Å². The molecule has 0 heterocycles. The van der Waals surface area contributed by atoms with Gasteiger partial charge >= 0.3 is 12.1 Å². The van der Waals surface area contributed by atoms with E-state index >= 15 is 0 Å². The standard InChI is InChI=1S/C18H25NO4/c1-6-15(19-17(21)23-18(2,3)4)14-10-8-7-9-13(14)11-12-16(20)22-5/h7-12,15H,6H2,1-5H3,(H,19,21). The summed E-state index contributed by atoms with van der Waals surface area (Å²) in [5, 5.41) is 2.87. The summed E-state index contributed by atoms with van der Waals surface area (Å²) >= 11 is 0. The van der Waals surface area contributed by atoms with Crippen LogP contribution in [0.5, 0.6) is 0 Å². The highest BCUT2D eigenvalue weighted by atomic mass is 16.6. The van der Waals surface area contributed by atoms with Crippen molar-refractivity contribution in [2.75, 3.05) is 7.11 Å². The molecule has 1 N–H and O–H groups in total. The van der Waals surface area contributed by atoms with Crippen LogP contribution in [0.1, 0.15) is 51.3 Å². The topological polar surface area (TPSA) is 64.6 Å². The summed E-state index contributed by atoms with van der Waals surface area (Å²) < 4.78 is 9.91. The highest BCUT2D eigenvalue weighted by Crippen LogP contribution is 2.23. The molecule has 5 heteroatoms. The normalized spacial score (nSPS) is 12.7. The fourth-order valence-corrected chi connectivity index (χ4v) is 2.06. The van der Waals surface area contributed by atoms with Crippen molar-refractivity contribution in [2.24, 2.45) is 0 Å². The molecule has 1 atom stereocenters. The zero-order valence-corrected chi connectivity index (χ0v) is 14.4. The van der Waals surface area contributed by atoms with Gasteiger partial charge in [-0.3, -0.25) is 0 Å².